The topological polar surface area (TPSA) is 53.4 Å². The van der Waals surface area contributed by atoms with Crippen molar-refractivity contribution in [1.29, 1.82) is 0 Å². The summed E-state index contributed by atoms with van der Waals surface area (Å²) in [6.45, 7) is 0. The van der Waals surface area contributed by atoms with E-state index in [0.29, 0.717) is 5.69 Å². The Morgan fingerprint density at radius 2 is 1.89 bits per heavy atom. The highest BCUT2D eigenvalue weighted by Gasteiger charge is 2.14. The lowest BCUT2D eigenvalue weighted by atomic mass is 10.2. The van der Waals surface area contributed by atoms with Crippen molar-refractivity contribution in [3.05, 3.63) is 54.1 Å². The van der Waals surface area contributed by atoms with Crippen LogP contribution < -0.4 is 4.90 Å². The zero-order chi connectivity index (χ0) is 13.1. The second kappa shape index (κ2) is 4.83. The van der Waals surface area contributed by atoms with Crippen molar-refractivity contribution in [1.82, 2.24) is 4.98 Å². The summed E-state index contributed by atoms with van der Waals surface area (Å²) in [5.41, 5.74) is 0.774. The van der Waals surface area contributed by atoms with Crippen molar-refractivity contribution in [3.8, 4) is 5.75 Å². The van der Waals surface area contributed by atoms with Crippen LogP contribution in [-0.4, -0.2) is 23.0 Å². The van der Waals surface area contributed by atoms with Crippen LogP contribution in [0.2, 0.25) is 0 Å². The Kier molecular flexibility index (Phi) is 3.23. The predicted molar refractivity (Wildman–Crippen MR) is 65.0 cm³/mol. The summed E-state index contributed by atoms with van der Waals surface area (Å²) >= 11 is 0. The van der Waals surface area contributed by atoms with E-state index < -0.39 is 5.82 Å². The molecule has 4 nitrogen and oxygen atoms in total. The van der Waals surface area contributed by atoms with E-state index in [1.807, 2.05) is 0 Å². The number of aromatic nitrogens is 1. The van der Waals surface area contributed by atoms with Gasteiger partial charge in [0.15, 0.2) is 0 Å². The zero-order valence-electron chi connectivity index (χ0n) is 9.67. The maximum Gasteiger partial charge on any atom is 0.276 e. The average molecular weight is 246 g/mol. The Morgan fingerprint density at radius 1 is 1.22 bits per heavy atom. The number of pyridine rings is 1. The molecule has 0 radical (unpaired) electrons. The van der Waals surface area contributed by atoms with E-state index in [1.54, 1.807) is 19.2 Å². The third kappa shape index (κ3) is 2.45. The van der Waals surface area contributed by atoms with E-state index in [0.717, 1.165) is 6.20 Å². The van der Waals surface area contributed by atoms with E-state index >= 15 is 0 Å². The van der Waals surface area contributed by atoms with Crippen molar-refractivity contribution in [2.45, 2.75) is 0 Å². The number of anilines is 1. The van der Waals surface area contributed by atoms with Gasteiger partial charge >= 0.3 is 0 Å². The first kappa shape index (κ1) is 12.0. The average Bonchev–Trinajstić information content (AvgIpc) is 2.39. The van der Waals surface area contributed by atoms with Gasteiger partial charge in [-0.3, -0.25) is 4.79 Å². The third-order valence-electron chi connectivity index (χ3n) is 2.49. The van der Waals surface area contributed by atoms with Gasteiger partial charge in [-0.2, -0.15) is 0 Å². The molecule has 1 N–H and O–H groups in total. The molecular formula is C13H11FN2O2. The number of hydrogen-bond acceptors (Lipinski definition) is 3. The lowest BCUT2D eigenvalue weighted by Crippen LogP contribution is -2.26. The highest BCUT2D eigenvalue weighted by molar-refractivity contribution is 6.04. The van der Waals surface area contributed by atoms with E-state index in [4.69, 9.17) is 5.11 Å². The molecule has 0 unspecified atom stereocenters. The van der Waals surface area contributed by atoms with Gasteiger partial charge in [0, 0.05) is 12.7 Å². The van der Waals surface area contributed by atoms with Gasteiger partial charge in [0.25, 0.3) is 5.91 Å². The number of benzene rings is 1. The molecule has 1 heterocycles. The Labute approximate surface area is 103 Å². The number of carbonyl (C=O) groups excluding carboxylic acids is 1. The van der Waals surface area contributed by atoms with Crippen molar-refractivity contribution >= 4 is 11.6 Å². The van der Waals surface area contributed by atoms with E-state index in [2.05, 4.69) is 4.98 Å². The molecule has 2 aromatic rings. The fraction of sp³-hybridized carbons (Fsp3) is 0.0769. The maximum absolute atomic E-state index is 12.7. The van der Waals surface area contributed by atoms with Crippen LogP contribution in [0.3, 0.4) is 0 Å². The molecule has 1 amide bonds. The monoisotopic (exact) mass is 246 g/mol. The fourth-order valence-corrected chi connectivity index (χ4v) is 1.47. The number of nitrogens with zero attached hydrogens (tertiary/aromatic N) is 2. The van der Waals surface area contributed by atoms with Crippen LogP contribution >= 0.6 is 0 Å². The lowest BCUT2D eigenvalue weighted by molar-refractivity contribution is 0.0988. The molecule has 0 bridgehead atoms. The second-order valence-electron chi connectivity index (χ2n) is 3.74. The molecule has 1 aromatic carbocycles. The van der Waals surface area contributed by atoms with E-state index in [1.165, 1.54) is 29.2 Å². The summed E-state index contributed by atoms with van der Waals surface area (Å²) in [7, 11) is 1.58. The summed E-state index contributed by atoms with van der Waals surface area (Å²) in [6.07, 6.45) is 0.998. The third-order valence-corrected chi connectivity index (χ3v) is 2.49. The van der Waals surface area contributed by atoms with Crippen LogP contribution in [0.5, 0.6) is 5.75 Å². The van der Waals surface area contributed by atoms with Crippen LogP contribution in [0.15, 0.2) is 42.6 Å². The van der Waals surface area contributed by atoms with Crippen molar-refractivity contribution < 1.29 is 14.3 Å². The zero-order valence-corrected chi connectivity index (χ0v) is 9.67. The number of hydrogen-bond donors (Lipinski definition) is 1. The molecule has 5 heteroatoms. The van der Waals surface area contributed by atoms with Crippen molar-refractivity contribution in [3.63, 3.8) is 0 Å². The van der Waals surface area contributed by atoms with Crippen LogP contribution in [-0.2, 0) is 0 Å². The summed E-state index contributed by atoms with van der Waals surface area (Å²) in [6, 6.07) is 8.70. The van der Waals surface area contributed by atoms with Crippen molar-refractivity contribution in [2.24, 2.45) is 0 Å². The molecule has 0 atom stereocenters. The molecule has 0 spiro atoms. The molecule has 0 aliphatic rings. The van der Waals surface area contributed by atoms with Crippen LogP contribution in [0, 0.1) is 5.82 Å². The number of carbonyl (C=O) groups is 1. The SMILES string of the molecule is CN(C(=O)c1ccc(F)cn1)c1ccc(O)cc1. The van der Waals surface area contributed by atoms with Crippen molar-refractivity contribution in [2.75, 3.05) is 11.9 Å². The highest BCUT2D eigenvalue weighted by atomic mass is 19.1. The molecule has 0 saturated carbocycles. The van der Waals surface area contributed by atoms with Crippen LogP contribution in [0.25, 0.3) is 0 Å². The summed E-state index contributed by atoms with van der Waals surface area (Å²) in [4.78, 5) is 17.1. The van der Waals surface area contributed by atoms with Gasteiger partial charge < -0.3 is 10.0 Å². The molecule has 0 saturated heterocycles. The first-order valence-corrected chi connectivity index (χ1v) is 5.26. The number of rotatable bonds is 2. The first-order valence-electron chi connectivity index (χ1n) is 5.26. The molecule has 0 aliphatic carbocycles. The Bertz CT molecular complexity index is 552. The molecular weight excluding hydrogens is 235 g/mol. The smallest absolute Gasteiger partial charge is 0.276 e. The standard InChI is InChI=1S/C13H11FN2O2/c1-16(10-3-5-11(17)6-4-10)13(18)12-7-2-9(14)8-15-12/h2-8,17H,1H3. The van der Waals surface area contributed by atoms with E-state index in [-0.39, 0.29) is 17.4 Å². The number of aromatic hydroxyl groups is 1. The molecule has 0 aliphatic heterocycles. The number of phenols is 1. The Balaban J connectivity index is 2.23. The summed E-state index contributed by atoms with van der Waals surface area (Å²) in [5.74, 6) is -0.709. The van der Waals surface area contributed by atoms with Gasteiger partial charge in [-0.1, -0.05) is 0 Å². The molecule has 18 heavy (non-hydrogen) atoms. The predicted octanol–water partition coefficient (Wildman–Crippen LogP) is 2.20. The summed E-state index contributed by atoms with van der Waals surface area (Å²) < 4.78 is 12.7. The fourth-order valence-electron chi connectivity index (χ4n) is 1.47. The summed E-state index contributed by atoms with van der Waals surface area (Å²) in [5, 5.41) is 9.17. The van der Waals surface area contributed by atoms with Gasteiger partial charge in [0.05, 0.1) is 6.20 Å². The van der Waals surface area contributed by atoms with Gasteiger partial charge in [-0.25, -0.2) is 9.37 Å². The highest BCUT2D eigenvalue weighted by Crippen LogP contribution is 2.18. The quantitative estimate of drug-likeness (QED) is 0.883. The molecule has 0 fully saturated rings. The Morgan fingerprint density at radius 3 is 2.44 bits per heavy atom. The largest absolute Gasteiger partial charge is 0.508 e. The minimum Gasteiger partial charge on any atom is -0.508 e. The minimum absolute atomic E-state index is 0.125. The molecule has 1 aromatic heterocycles. The number of halogens is 1. The van der Waals surface area contributed by atoms with Gasteiger partial charge in [-0.15, -0.1) is 0 Å². The minimum atomic E-state index is -0.487. The normalized spacial score (nSPS) is 10.1. The molecule has 2 rings (SSSR count). The number of phenolic OH excluding ortho intramolecular Hbond substituents is 1. The van der Waals surface area contributed by atoms with E-state index in [9.17, 15) is 9.18 Å². The second-order valence-corrected chi connectivity index (χ2v) is 3.74. The van der Waals surface area contributed by atoms with Gasteiger partial charge in [-0.05, 0) is 36.4 Å². The number of amides is 1. The van der Waals surface area contributed by atoms with Gasteiger partial charge in [0.1, 0.15) is 17.3 Å². The lowest BCUT2D eigenvalue weighted by Gasteiger charge is -2.16. The van der Waals surface area contributed by atoms with Crippen LogP contribution in [0.4, 0.5) is 10.1 Å². The first-order chi connectivity index (χ1) is 8.58. The maximum atomic E-state index is 12.7. The van der Waals surface area contributed by atoms with Gasteiger partial charge in [0.2, 0.25) is 0 Å². The van der Waals surface area contributed by atoms with Crippen LogP contribution in [0.1, 0.15) is 10.5 Å². The Hall–Kier alpha value is -2.43. The molecule has 92 valence electrons.